The maximum atomic E-state index is 11.7. The maximum Gasteiger partial charge on any atom is 0.267 e. The molecule has 1 amide bonds. The zero-order valence-corrected chi connectivity index (χ0v) is 9.68. The Morgan fingerprint density at radius 2 is 2.31 bits per heavy atom. The molecule has 16 heavy (non-hydrogen) atoms. The van der Waals surface area contributed by atoms with Crippen LogP contribution in [0.25, 0.3) is 0 Å². The highest BCUT2D eigenvalue weighted by atomic mass is 35.5. The molecule has 82 valence electrons. The van der Waals surface area contributed by atoms with Gasteiger partial charge < -0.3 is 11.1 Å². The molecule has 3 N–H and O–H groups in total. The number of thiazole rings is 1. The molecule has 0 radical (unpaired) electrons. The Morgan fingerprint density at radius 3 is 2.94 bits per heavy atom. The summed E-state index contributed by atoms with van der Waals surface area (Å²) >= 11 is 7.11. The maximum absolute atomic E-state index is 11.7. The fourth-order valence-electron chi connectivity index (χ4n) is 1.13. The number of hydrogen-bond donors (Lipinski definition) is 2. The summed E-state index contributed by atoms with van der Waals surface area (Å²) in [5.74, 6) is -0.205. The first-order chi connectivity index (χ1) is 7.66. The lowest BCUT2D eigenvalue weighted by Crippen LogP contribution is -2.10. The summed E-state index contributed by atoms with van der Waals surface area (Å²) in [7, 11) is 0. The van der Waals surface area contributed by atoms with Gasteiger partial charge in [0.1, 0.15) is 4.88 Å². The molecule has 0 fully saturated rings. The molecule has 4 nitrogen and oxygen atoms in total. The van der Waals surface area contributed by atoms with E-state index in [2.05, 4.69) is 10.3 Å². The van der Waals surface area contributed by atoms with Gasteiger partial charge in [0, 0.05) is 5.69 Å². The Bertz CT molecular complexity index is 513. The monoisotopic (exact) mass is 253 g/mol. The number of anilines is 2. The van der Waals surface area contributed by atoms with Gasteiger partial charge >= 0.3 is 0 Å². The quantitative estimate of drug-likeness (QED) is 0.809. The predicted octanol–water partition coefficient (Wildman–Crippen LogP) is 2.63. The molecule has 0 unspecified atom stereocenters. The van der Waals surface area contributed by atoms with Gasteiger partial charge in [-0.3, -0.25) is 9.78 Å². The van der Waals surface area contributed by atoms with Gasteiger partial charge in [-0.2, -0.15) is 0 Å². The molecule has 0 aliphatic rings. The van der Waals surface area contributed by atoms with Gasteiger partial charge in [0.15, 0.2) is 0 Å². The second-order valence-electron chi connectivity index (χ2n) is 3.06. The van der Waals surface area contributed by atoms with E-state index in [0.29, 0.717) is 21.3 Å². The van der Waals surface area contributed by atoms with E-state index in [1.807, 2.05) is 0 Å². The van der Waals surface area contributed by atoms with Crippen molar-refractivity contribution in [1.82, 2.24) is 4.98 Å². The molecule has 0 aliphatic heterocycles. The lowest BCUT2D eigenvalue weighted by atomic mass is 10.3. The van der Waals surface area contributed by atoms with Crippen molar-refractivity contribution in [2.75, 3.05) is 11.1 Å². The van der Waals surface area contributed by atoms with Crippen molar-refractivity contribution >= 4 is 40.2 Å². The van der Waals surface area contributed by atoms with Gasteiger partial charge in [-0.25, -0.2) is 0 Å². The standard InChI is InChI=1S/C10H8ClN3OS/c11-7-3-6(1-2-8(7)12)14-10(15)9-4-13-5-16-9/h1-5H,12H2,(H,14,15). The van der Waals surface area contributed by atoms with Crippen LogP contribution in [0.1, 0.15) is 9.67 Å². The summed E-state index contributed by atoms with van der Waals surface area (Å²) in [4.78, 5) is 16.0. The molecule has 1 heterocycles. The summed E-state index contributed by atoms with van der Waals surface area (Å²) in [6, 6.07) is 4.95. The Balaban J connectivity index is 2.15. The normalized spacial score (nSPS) is 10.1. The number of aromatic nitrogens is 1. The van der Waals surface area contributed by atoms with Crippen molar-refractivity contribution in [3.63, 3.8) is 0 Å². The molecular weight excluding hydrogens is 246 g/mol. The topological polar surface area (TPSA) is 68.0 Å². The van der Waals surface area contributed by atoms with Crippen LogP contribution in [0, 0.1) is 0 Å². The number of nitrogens with zero attached hydrogens (tertiary/aromatic N) is 1. The highest BCUT2D eigenvalue weighted by molar-refractivity contribution is 7.11. The fraction of sp³-hybridized carbons (Fsp3) is 0. The van der Waals surface area contributed by atoms with Crippen LogP contribution in [0.2, 0.25) is 5.02 Å². The Labute approximate surface area is 101 Å². The molecule has 2 rings (SSSR count). The van der Waals surface area contributed by atoms with Crippen LogP contribution in [0.15, 0.2) is 29.9 Å². The Morgan fingerprint density at radius 1 is 1.50 bits per heavy atom. The number of amides is 1. The summed E-state index contributed by atoms with van der Waals surface area (Å²) in [6.07, 6.45) is 1.51. The van der Waals surface area contributed by atoms with E-state index in [-0.39, 0.29) is 5.91 Å². The molecular formula is C10H8ClN3OS. The van der Waals surface area contributed by atoms with E-state index in [4.69, 9.17) is 17.3 Å². The average molecular weight is 254 g/mol. The minimum absolute atomic E-state index is 0.205. The molecule has 2 aromatic rings. The molecule has 1 aromatic heterocycles. The van der Waals surface area contributed by atoms with Gasteiger partial charge in [-0.05, 0) is 18.2 Å². The van der Waals surface area contributed by atoms with Crippen molar-refractivity contribution in [3.05, 3.63) is 39.8 Å². The molecule has 0 bridgehead atoms. The first-order valence-corrected chi connectivity index (χ1v) is 5.67. The molecule has 1 aromatic carbocycles. The first kappa shape index (κ1) is 10.9. The zero-order chi connectivity index (χ0) is 11.5. The smallest absolute Gasteiger partial charge is 0.267 e. The molecule has 0 spiro atoms. The number of carbonyl (C=O) groups excluding carboxylic acids is 1. The summed E-state index contributed by atoms with van der Waals surface area (Å²) in [5, 5.41) is 3.12. The van der Waals surface area contributed by atoms with E-state index >= 15 is 0 Å². The Kier molecular flexibility index (Phi) is 3.07. The third-order valence-electron chi connectivity index (χ3n) is 1.91. The minimum atomic E-state index is -0.205. The van der Waals surface area contributed by atoms with Crippen LogP contribution >= 0.6 is 22.9 Å². The third-order valence-corrected chi connectivity index (χ3v) is 3.01. The number of nitrogen functional groups attached to an aromatic ring is 1. The van der Waals surface area contributed by atoms with Crippen LogP contribution in [0.4, 0.5) is 11.4 Å². The van der Waals surface area contributed by atoms with Crippen molar-refractivity contribution in [2.45, 2.75) is 0 Å². The van der Waals surface area contributed by atoms with Gasteiger partial charge in [-0.1, -0.05) is 11.6 Å². The third kappa shape index (κ3) is 2.32. The Hall–Kier alpha value is -1.59. The van der Waals surface area contributed by atoms with Crippen molar-refractivity contribution in [3.8, 4) is 0 Å². The molecule has 0 saturated heterocycles. The largest absolute Gasteiger partial charge is 0.398 e. The molecule has 0 saturated carbocycles. The van der Waals surface area contributed by atoms with Crippen LogP contribution < -0.4 is 11.1 Å². The van der Waals surface area contributed by atoms with Gasteiger partial charge in [0.2, 0.25) is 0 Å². The van der Waals surface area contributed by atoms with E-state index in [1.54, 1.807) is 23.7 Å². The number of hydrogen-bond acceptors (Lipinski definition) is 4. The van der Waals surface area contributed by atoms with Crippen molar-refractivity contribution in [2.24, 2.45) is 0 Å². The summed E-state index contributed by atoms with van der Waals surface area (Å²) in [5.41, 5.74) is 8.26. The highest BCUT2D eigenvalue weighted by Gasteiger charge is 2.08. The highest BCUT2D eigenvalue weighted by Crippen LogP contribution is 2.23. The van der Waals surface area contributed by atoms with Crippen molar-refractivity contribution < 1.29 is 4.79 Å². The van der Waals surface area contributed by atoms with E-state index in [0.717, 1.165) is 0 Å². The summed E-state index contributed by atoms with van der Waals surface area (Å²) < 4.78 is 0. The van der Waals surface area contributed by atoms with E-state index in [1.165, 1.54) is 17.5 Å². The predicted molar refractivity (Wildman–Crippen MR) is 65.9 cm³/mol. The van der Waals surface area contributed by atoms with Crippen LogP contribution in [-0.2, 0) is 0 Å². The molecule has 6 heteroatoms. The average Bonchev–Trinajstić information content (AvgIpc) is 2.77. The summed E-state index contributed by atoms with van der Waals surface area (Å²) in [6.45, 7) is 0. The first-order valence-electron chi connectivity index (χ1n) is 4.41. The lowest BCUT2D eigenvalue weighted by molar-refractivity contribution is 0.103. The zero-order valence-electron chi connectivity index (χ0n) is 8.11. The number of carbonyl (C=O) groups is 1. The van der Waals surface area contributed by atoms with Crippen molar-refractivity contribution in [1.29, 1.82) is 0 Å². The molecule has 0 aliphatic carbocycles. The number of halogens is 1. The SMILES string of the molecule is Nc1ccc(NC(=O)c2cncs2)cc1Cl. The van der Waals surface area contributed by atoms with Gasteiger partial charge in [-0.15, -0.1) is 11.3 Å². The number of nitrogens with two attached hydrogens (primary N) is 1. The number of benzene rings is 1. The van der Waals surface area contributed by atoms with Crippen LogP contribution in [0.5, 0.6) is 0 Å². The van der Waals surface area contributed by atoms with Crippen LogP contribution in [-0.4, -0.2) is 10.9 Å². The number of rotatable bonds is 2. The van der Waals surface area contributed by atoms with Crippen LogP contribution in [0.3, 0.4) is 0 Å². The molecule has 0 atom stereocenters. The second-order valence-corrected chi connectivity index (χ2v) is 4.35. The van der Waals surface area contributed by atoms with Gasteiger partial charge in [0.05, 0.1) is 22.4 Å². The minimum Gasteiger partial charge on any atom is -0.398 e. The second kappa shape index (κ2) is 4.51. The number of nitrogens with one attached hydrogen (secondary N) is 1. The van der Waals surface area contributed by atoms with E-state index < -0.39 is 0 Å². The van der Waals surface area contributed by atoms with E-state index in [9.17, 15) is 4.79 Å². The lowest BCUT2D eigenvalue weighted by Gasteiger charge is -2.04. The van der Waals surface area contributed by atoms with Gasteiger partial charge in [0.25, 0.3) is 5.91 Å². The fourth-order valence-corrected chi connectivity index (χ4v) is 1.82.